The molecule has 2 rings (SSSR count). The second kappa shape index (κ2) is 5.70. The van der Waals surface area contributed by atoms with Crippen LogP contribution in [0, 0.1) is 0 Å². The first kappa shape index (κ1) is 12.7. The Balaban J connectivity index is 2.12. The highest BCUT2D eigenvalue weighted by molar-refractivity contribution is 5.98. The summed E-state index contributed by atoms with van der Waals surface area (Å²) in [5, 5.41) is 23.6. The summed E-state index contributed by atoms with van der Waals surface area (Å²) >= 11 is 0. The van der Waals surface area contributed by atoms with Crippen LogP contribution in [0.5, 0.6) is 5.75 Å². The van der Waals surface area contributed by atoms with Gasteiger partial charge in [0.1, 0.15) is 12.4 Å². The minimum atomic E-state index is -0.825. The number of fused-ring (bicyclic) bond motifs is 1. The number of hydrogen-bond donors (Lipinski definition) is 4. The van der Waals surface area contributed by atoms with Gasteiger partial charge in [0.15, 0.2) is 0 Å². The Morgan fingerprint density at radius 2 is 2.33 bits per heavy atom. The summed E-state index contributed by atoms with van der Waals surface area (Å²) in [6.45, 7) is 0.855. The number of nitrogens with one attached hydrogen (secondary N) is 2. The van der Waals surface area contributed by atoms with Gasteiger partial charge in [-0.05, 0) is 18.2 Å². The van der Waals surface area contributed by atoms with Crippen molar-refractivity contribution < 1.29 is 19.7 Å². The number of ether oxygens (including phenoxy) is 1. The lowest BCUT2D eigenvalue weighted by Gasteiger charge is -2.12. The lowest BCUT2D eigenvalue weighted by atomic mass is 10.1. The largest absolute Gasteiger partial charge is 0.491 e. The van der Waals surface area contributed by atoms with Crippen molar-refractivity contribution in [2.45, 2.75) is 6.10 Å². The van der Waals surface area contributed by atoms with E-state index in [0.29, 0.717) is 30.2 Å². The van der Waals surface area contributed by atoms with E-state index in [2.05, 4.69) is 10.6 Å². The number of amides is 1. The molecule has 1 atom stereocenters. The molecule has 1 aromatic carbocycles. The fraction of sp³-hybridized carbons (Fsp3) is 0.417. The molecule has 98 valence electrons. The first-order valence-corrected chi connectivity index (χ1v) is 5.78. The van der Waals surface area contributed by atoms with Crippen molar-refractivity contribution in [3.63, 3.8) is 0 Å². The maximum atomic E-state index is 11.7. The quantitative estimate of drug-likeness (QED) is 0.584. The SMILES string of the molecule is O=C1NCCOc2ccc(NCC(O)CO)cc21. The molecule has 0 bridgehead atoms. The highest BCUT2D eigenvalue weighted by atomic mass is 16.5. The van der Waals surface area contributed by atoms with Gasteiger partial charge in [0, 0.05) is 12.2 Å². The van der Waals surface area contributed by atoms with E-state index >= 15 is 0 Å². The van der Waals surface area contributed by atoms with E-state index < -0.39 is 6.10 Å². The second-order valence-electron chi connectivity index (χ2n) is 4.03. The minimum absolute atomic E-state index is 0.172. The van der Waals surface area contributed by atoms with E-state index in [1.807, 2.05) is 0 Å². The highest BCUT2D eigenvalue weighted by Crippen LogP contribution is 2.24. The second-order valence-corrected chi connectivity index (χ2v) is 4.03. The summed E-state index contributed by atoms with van der Waals surface area (Å²) in [5.41, 5.74) is 1.16. The molecule has 0 spiro atoms. The van der Waals surface area contributed by atoms with Crippen molar-refractivity contribution >= 4 is 11.6 Å². The molecule has 1 aromatic rings. The Kier molecular flexibility index (Phi) is 4.01. The van der Waals surface area contributed by atoms with Gasteiger partial charge in [-0.1, -0.05) is 0 Å². The smallest absolute Gasteiger partial charge is 0.255 e. The van der Waals surface area contributed by atoms with Crippen LogP contribution >= 0.6 is 0 Å². The van der Waals surface area contributed by atoms with Gasteiger partial charge in [0.05, 0.1) is 24.8 Å². The highest BCUT2D eigenvalue weighted by Gasteiger charge is 2.16. The molecule has 4 N–H and O–H groups in total. The normalized spacial score (nSPS) is 16.0. The van der Waals surface area contributed by atoms with E-state index in [1.54, 1.807) is 18.2 Å². The van der Waals surface area contributed by atoms with Crippen molar-refractivity contribution in [3.05, 3.63) is 23.8 Å². The van der Waals surface area contributed by atoms with Crippen LogP contribution in [0.4, 0.5) is 5.69 Å². The third-order valence-electron chi connectivity index (χ3n) is 2.62. The van der Waals surface area contributed by atoms with Crippen molar-refractivity contribution in [2.75, 3.05) is 31.6 Å². The van der Waals surface area contributed by atoms with Gasteiger partial charge < -0.3 is 25.6 Å². The summed E-state index contributed by atoms with van der Waals surface area (Å²) in [4.78, 5) is 11.7. The summed E-state index contributed by atoms with van der Waals surface area (Å²) in [5.74, 6) is 0.382. The molecule has 1 aliphatic heterocycles. The van der Waals surface area contributed by atoms with Gasteiger partial charge >= 0.3 is 0 Å². The summed E-state index contributed by atoms with van der Waals surface area (Å²) < 4.78 is 5.42. The van der Waals surface area contributed by atoms with Gasteiger partial charge in [0.25, 0.3) is 5.91 Å². The Bertz CT molecular complexity index is 436. The zero-order valence-electron chi connectivity index (χ0n) is 9.85. The zero-order chi connectivity index (χ0) is 13.0. The summed E-state index contributed by atoms with van der Waals surface area (Å²) in [6.07, 6.45) is -0.825. The molecule has 1 aliphatic rings. The van der Waals surface area contributed by atoms with Crippen LogP contribution in [0.1, 0.15) is 10.4 Å². The average Bonchev–Trinajstić information content (AvgIpc) is 2.58. The van der Waals surface area contributed by atoms with Crippen molar-refractivity contribution in [1.29, 1.82) is 0 Å². The van der Waals surface area contributed by atoms with Gasteiger partial charge in [-0.25, -0.2) is 0 Å². The number of carbonyl (C=O) groups is 1. The van der Waals surface area contributed by atoms with Crippen LogP contribution in [0.3, 0.4) is 0 Å². The monoisotopic (exact) mass is 252 g/mol. The maximum absolute atomic E-state index is 11.7. The van der Waals surface area contributed by atoms with Crippen LogP contribution in [-0.2, 0) is 0 Å². The van der Waals surface area contributed by atoms with E-state index in [0.717, 1.165) is 0 Å². The van der Waals surface area contributed by atoms with Crippen molar-refractivity contribution in [1.82, 2.24) is 5.32 Å². The standard InChI is InChI=1S/C12H16N2O4/c15-7-9(16)6-14-8-1-2-11-10(5-8)12(17)13-3-4-18-11/h1-2,5,9,14-16H,3-4,6-7H2,(H,13,17). The number of hydrogen-bond acceptors (Lipinski definition) is 5. The van der Waals surface area contributed by atoms with E-state index in [9.17, 15) is 9.90 Å². The topological polar surface area (TPSA) is 90.8 Å². The molecule has 1 heterocycles. The predicted octanol–water partition coefficient (Wildman–Crippen LogP) is -0.426. The van der Waals surface area contributed by atoms with Crippen LogP contribution in [-0.4, -0.2) is 48.5 Å². The van der Waals surface area contributed by atoms with Gasteiger partial charge in [-0.15, -0.1) is 0 Å². The molecule has 0 aromatic heterocycles. The Hall–Kier alpha value is -1.79. The third-order valence-corrected chi connectivity index (χ3v) is 2.62. The Morgan fingerprint density at radius 3 is 3.11 bits per heavy atom. The molecule has 1 unspecified atom stereocenters. The van der Waals surface area contributed by atoms with Crippen molar-refractivity contribution in [2.24, 2.45) is 0 Å². The van der Waals surface area contributed by atoms with Gasteiger partial charge in [0.2, 0.25) is 0 Å². The molecule has 6 heteroatoms. The molecule has 1 amide bonds. The number of rotatable bonds is 4. The van der Waals surface area contributed by atoms with Crippen LogP contribution in [0.15, 0.2) is 18.2 Å². The van der Waals surface area contributed by atoms with Crippen LogP contribution < -0.4 is 15.4 Å². The molecule has 0 radical (unpaired) electrons. The molecule has 6 nitrogen and oxygen atoms in total. The molecular weight excluding hydrogens is 236 g/mol. The third kappa shape index (κ3) is 2.91. The molecule has 0 aliphatic carbocycles. The fourth-order valence-electron chi connectivity index (χ4n) is 1.66. The molecule has 0 saturated carbocycles. The lowest BCUT2D eigenvalue weighted by molar-refractivity contribution is 0.0957. The average molecular weight is 252 g/mol. The number of aliphatic hydroxyl groups is 2. The molecule has 0 saturated heterocycles. The van der Waals surface area contributed by atoms with E-state index in [-0.39, 0.29) is 19.1 Å². The molecular formula is C12H16N2O4. The minimum Gasteiger partial charge on any atom is -0.491 e. The zero-order valence-corrected chi connectivity index (χ0v) is 9.85. The summed E-state index contributed by atoms with van der Waals surface area (Å²) in [7, 11) is 0. The fourth-order valence-corrected chi connectivity index (χ4v) is 1.66. The molecule has 0 fully saturated rings. The number of aliphatic hydroxyl groups excluding tert-OH is 2. The van der Waals surface area contributed by atoms with E-state index in [4.69, 9.17) is 9.84 Å². The Morgan fingerprint density at radius 1 is 1.50 bits per heavy atom. The summed E-state index contributed by atoms with van der Waals surface area (Å²) in [6, 6.07) is 5.15. The van der Waals surface area contributed by atoms with Crippen molar-refractivity contribution in [3.8, 4) is 5.75 Å². The Labute approximate surface area is 105 Å². The van der Waals surface area contributed by atoms with Crippen LogP contribution in [0.25, 0.3) is 0 Å². The van der Waals surface area contributed by atoms with Crippen LogP contribution in [0.2, 0.25) is 0 Å². The number of anilines is 1. The van der Waals surface area contributed by atoms with E-state index in [1.165, 1.54) is 0 Å². The first-order chi connectivity index (χ1) is 8.70. The maximum Gasteiger partial charge on any atom is 0.255 e. The predicted molar refractivity (Wildman–Crippen MR) is 65.9 cm³/mol. The van der Waals surface area contributed by atoms with Gasteiger partial charge in [-0.2, -0.15) is 0 Å². The van der Waals surface area contributed by atoms with Gasteiger partial charge in [-0.3, -0.25) is 4.79 Å². The molecule has 18 heavy (non-hydrogen) atoms. The lowest BCUT2D eigenvalue weighted by Crippen LogP contribution is -2.25. The number of carbonyl (C=O) groups excluding carboxylic acids is 1. The number of benzene rings is 1. The first-order valence-electron chi connectivity index (χ1n) is 5.78.